The van der Waals surface area contributed by atoms with Gasteiger partial charge in [-0.3, -0.25) is 0 Å². The van der Waals surface area contributed by atoms with E-state index in [2.05, 4.69) is 51.6 Å². The van der Waals surface area contributed by atoms with Gasteiger partial charge in [-0.15, -0.1) is 0 Å². The van der Waals surface area contributed by atoms with E-state index in [-0.39, 0.29) is 0 Å². The van der Waals surface area contributed by atoms with Gasteiger partial charge < -0.3 is 15.0 Å². The number of nitrogens with one attached hydrogen (secondary N) is 2. The van der Waals surface area contributed by atoms with Crippen LogP contribution in [0.2, 0.25) is 0 Å². The number of halogens is 1. The SMILES string of the molecule is Cc1ccc(Nc2nc(NN=CC(Br)=Cc3ccccc3)nc(N3CCOCC3)n2)cc1. The first-order valence-corrected chi connectivity index (χ1v) is 11.1. The molecule has 1 aliphatic heterocycles. The predicted octanol–water partition coefficient (Wildman–Crippen LogP) is 4.59. The molecule has 9 heteroatoms. The van der Waals surface area contributed by atoms with Crippen LogP contribution in [0.3, 0.4) is 0 Å². The first-order valence-electron chi connectivity index (χ1n) is 10.3. The van der Waals surface area contributed by atoms with Gasteiger partial charge in [0.2, 0.25) is 17.8 Å². The van der Waals surface area contributed by atoms with Crippen molar-refractivity contribution in [3.8, 4) is 0 Å². The number of aromatic nitrogens is 3. The van der Waals surface area contributed by atoms with Gasteiger partial charge in [0, 0.05) is 23.3 Å². The fourth-order valence-corrected chi connectivity index (χ4v) is 3.41. The highest BCUT2D eigenvalue weighted by Gasteiger charge is 2.16. The van der Waals surface area contributed by atoms with Crippen molar-refractivity contribution in [3.63, 3.8) is 0 Å². The van der Waals surface area contributed by atoms with Crippen molar-refractivity contribution in [1.82, 2.24) is 15.0 Å². The largest absolute Gasteiger partial charge is 0.378 e. The fourth-order valence-electron chi connectivity index (χ4n) is 3.04. The van der Waals surface area contributed by atoms with Crippen LogP contribution in [0.15, 0.2) is 64.2 Å². The number of allylic oxidation sites excluding steroid dienone is 1. The van der Waals surface area contributed by atoms with Gasteiger partial charge in [0.05, 0.1) is 19.4 Å². The summed E-state index contributed by atoms with van der Waals surface area (Å²) in [7, 11) is 0. The lowest BCUT2D eigenvalue weighted by atomic mass is 10.2. The van der Waals surface area contributed by atoms with Crippen LogP contribution in [0, 0.1) is 6.92 Å². The van der Waals surface area contributed by atoms with Crippen LogP contribution in [-0.4, -0.2) is 47.5 Å². The minimum absolute atomic E-state index is 0.354. The summed E-state index contributed by atoms with van der Waals surface area (Å²) in [6.45, 7) is 4.78. The summed E-state index contributed by atoms with van der Waals surface area (Å²) in [6.07, 6.45) is 3.64. The zero-order valence-electron chi connectivity index (χ0n) is 17.7. The molecule has 164 valence electrons. The smallest absolute Gasteiger partial charge is 0.250 e. The first kappa shape index (κ1) is 21.9. The number of hydrazone groups is 1. The Hall–Kier alpha value is -3.30. The zero-order valence-corrected chi connectivity index (χ0v) is 19.3. The molecular formula is C23H24BrN7O. The van der Waals surface area contributed by atoms with E-state index in [1.54, 1.807) is 6.21 Å². The highest BCUT2D eigenvalue weighted by atomic mass is 79.9. The quantitative estimate of drug-likeness (QED) is 0.367. The standard InChI is InChI=1S/C23H24BrN7O/c1-17-7-9-20(10-8-17)26-21-27-22(29-23(28-21)31-11-13-32-14-12-31)30-25-16-19(24)15-18-5-3-2-4-6-18/h2-10,15-16H,11-14H2,1H3,(H2,26,27,28,29,30). The van der Waals surface area contributed by atoms with Gasteiger partial charge in [-0.05, 0) is 46.6 Å². The Morgan fingerprint density at radius 1 is 1.00 bits per heavy atom. The van der Waals surface area contributed by atoms with Crippen LogP contribution < -0.4 is 15.6 Å². The third kappa shape index (κ3) is 6.35. The van der Waals surface area contributed by atoms with Gasteiger partial charge >= 0.3 is 0 Å². The number of morpholine rings is 1. The van der Waals surface area contributed by atoms with E-state index >= 15 is 0 Å². The molecule has 3 aromatic rings. The molecule has 32 heavy (non-hydrogen) atoms. The first-order chi connectivity index (χ1) is 15.7. The molecule has 0 atom stereocenters. The van der Waals surface area contributed by atoms with Crippen molar-refractivity contribution in [1.29, 1.82) is 0 Å². The van der Waals surface area contributed by atoms with E-state index in [4.69, 9.17) is 4.74 Å². The molecule has 0 amide bonds. The molecule has 0 bridgehead atoms. The predicted molar refractivity (Wildman–Crippen MR) is 133 cm³/mol. The summed E-state index contributed by atoms with van der Waals surface area (Å²) in [6, 6.07) is 18.0. The van der Waals surface area contributed by atoms with Gasteiger partial charge in [0.15, 0.2) is 0 Å². The summed E-state index contributed by atoms with van der Waals surface area (Å²) in [5, 5.41) is 7.52. The minimum Gasteiger partial charge on any atom is -0.378 e. The molecule has 0 spiro atoms. The van der Waals surface area contributed by atoms with Crippen molar-refractivity contribution in [2.24, 2.45) is 5.10 Å². The number of nitrogens with zero attached hydrogens (tertiary/aromatic N) is 5. The van der Waals surface area contributed by atoms with Crippen molar-refractivity contribution in [2.75, 3.05) is 41.9 Å². The molecule has 0 aliphatic carbocycles. The average molecular weight is 494 g/mol. The average Bonchev–Trinajstić information content (AvgIpc) is 2.82. The van der Waals surface area contributed by atoms with Crippen molar-refractivity contribution >= 4 is 51.8 Å². The van der Waals surface area contributed by atoms with E-state index in [0.29, 0.717) is 31.1 Å². The van der Waals surface area contributed by atoms with Crippen LogP contribution in [0.1, 0.15) is 11.1 Å². The number of benzene rings is 2. The molecule has 8 nitrogen and oxygen atoms in total. The molecule has 1 saturated heterocycles. The van der Waals surface area contributed by atoms with Gasteiger partial charge in [-0.25, -0.2) is 5.43 Å². The van der Waals surface area contributed by atoms with Crippen LogP contribution in [0.25, 0.3) is 6.08 Å². The van der Waals surface area contributed by atoms with E-state index in [1.807, 2.05) is 67.6 Å². The molecule has 2 aromatic carbocycles. The Kier molecular flexibility index (Phi) is 7.42. The van der Waals surface area contributed by atoms with Crippen molar-refractivity contribution in [3.05, 3.63) is 70.2 Å². The summed E-state index contributed by atoms with van der Waals surface area (Å²) in [5.41, 5.74) is 6.08. The lowest BCUT2D eigenvalue weighted by Crippen LogP contribution is -2.37. The Balaban J connectivity index is 1.52. The van der Waals surface area contributed by atoms with Crippen molar-refractivity contribution < 1.29 is 4.74 Å². The van der Waals surface area contributed by atoms with E-state index < -0.39 is 0 Å². The summed E-state index contributed by atoms with van der Waals surface area (Å²) in [4.78, 5) is 15.7. The number of anilines is 4. The van der Waals surface area contributed by atoms with Gasteiger partial charge in [0.25, 0.3) is 0 Å². The molecule has 0 unspecified atom stereocenters. The van der Waals surface area contributed by atoms with E-state index in [1.165, 1.54) is 5.56 Å². The molecule has 1 aliphatic rings. The second-order valence-corrected chi connectivity index (χ2v) is 8.10. The maximum Gasteiger partial charge on any atom is 0.250 e. The van der Waals surface area contributed by atoms with Crippen LogP contribution >= 0.6 is 15.9 Å². The van der Waals surface area contributed by atoms with Crippen LogP contribution in [0.5, 0.6) is 0 Å². The van der Waals surface area contributed by atoms with Crippen molar-refractivity contribution in [2.45, 2.75) is 6.92 Å². The zero-order chi connectivity index (χ0) is 22.2. The monoisotopic (exact) mass is 493 g/mol. The second kappa shape index (κ2) is 10.8. The maximum absolute atomic E-state index is 5.45. The Morgan fingerprint density at radius 3 is 2.47 bits per heavy atom. The summed E-state index contributed by atoms with van der Waals surface area (Å²) >= 11 is 3.51. The molecular weight excluding hydrogens is 470 g/mol. The molecule has 2 N–H and O–H groups in total. The maximum atomic E-state index is 5.45. The molecule has 0 saturated carbocycles. The van der Waals surface area contributed by atoms with E-state index in [9.17, 15) is 0 Å². The van der Waals surface area contributed by atoms with Crippen LogP contribution in [0.4, 0.5) is 23.5 Å². The summed E-state index contributed by atoms with van der Waals surface area (Å²) in [5.74, 6) is 1.38. The molecule has 2 heterocycles. The number of hydrogen-bond acceptors (Lipinski definition) is 8. The van der Waals surface area contributed by atoms with E-state index in [0.717, 1.165) is 28.8 Å². The Labute approximate surface area is 195 Å². The minimum atomic E-state index is 0.354. The molecule has 1 aromatic heterocycles. The van der Waals surface area contributed by atoms with Gasteiger partial charge in [-0.1, -0.05) is 48.0 Å². The third-order valence-corrected chi connectivity index (χ3v) is 5.12. The number of aryl methyl sites for hydroxylation is 1. The highest BCUT2D eigenvalue weighted by Crippen LogP contribution is 2.19. The number of ether oxygens (including phenoxy) is 1. The second-order valence-electron chi connectivity index (χ2n) is 7.18. The lowest BCUT2D eigenvalue weighted by molar-refractivity contribution is 0.122. The van der Waals surface area contributed by atoms with Gasteiger partial charge in [-0.2, -0.15) is 20.1 Å². The van der Waals surface area contributed by atoms with Crippen LogP contribution in [-0.2, 0) is 4.74 Å². The Morgan fingerprint density at radius 2 is 1.72 bits per heavy atom. The van der Waals surface area contributed by atoms with Gasteiger partial charge in [0.1, 0.15) is 0 Å². The number of rotatable bonds is 7. The normalized spacial score (nSPS) is 14.6. The lowest BCUT2D eigenvalue weighted by Gasteiger charge is -2.27. The molecule has 0 radical (unpaired) electrons. The fraction of sp³-hybridized carbons (Fsp3) is 0.217. The highest BCUT2D eigenvalue weighted by molar-refractivity contribution is 9.12. The Bertz CT molecular complexity index is 1080. The number of hydrogen-bond donors (Lipinski definition) is 2. The summed E-state index contributed by atoms with van der Waals surface area (Å²) < 4.78 is 6.27. The topological polar surface area (TPSA) is 87.6 Å². The molecule has 1 fully saturated rings. The third-order valence-electron chi connectivity index (χ3n) is 4.68. The molecule has 4 rings (SSSR count).